The molecule has 2 N–H and O–H groups in total. The van der Waals surface area contributed by atoms with Gasteiger partial charge in [0.15, 0.2) is 0 Å². The third-order valence-electron chi connectivity index (χ3n) is 1.09. The maximum Gasteiger partial charge on any atom is 0.316 e. The van der Waals surface area contributed by atoms with Crippen molar-refractivity contribution < 1.29 is 19.8 Å². The molecule has 0 aromatic heterocycles. The van der Waals surface area contributed by atoms with Crippen LogP contribution >= 0.6 is 0 Å². The molecule has 1 aliphatic rings. The highest BCUT2D eigenvalue weighted by molar-refractivity contribution is 5.94. The summed E-state index contributed by atoms with van der Waals surface area (Å²) in [7, 11) is 0. The van der Waals surface area contributed by atoms with Crippen LogP contribution in [0.1, 0.15) is 13.3 Å². The zero-order valence-corrected chi connectivity index (χ0v) is 5.01. The SMILES string of the molecule is CC1CC(=O)OC1=O.O. The van der Waals surface area contributed by atoms with Gasteiger partial charge in [0.05, 0.1) is 12.3 Å². The first kappa shape index (κ1) is 8.10. The highest BCUT2D eigenvalue weighted by Crippen LogP contribution is 2.13. The molecule has 0 amide bonds. The maximum absolute atomic E-state index is 10.3. The lowest BCUT2D eigenvalue weighted by Gasteiger charge is -1.86. The zero-order valence-electron chi connectivity index (χ0n) is 5.01. The van der Waals surface area contributed by atoms with Gasteiger partial charge in [-0.2, -0.15) is 0 Å². The third kappa shape index (κ3) is 1.50. The molecule has 0 aromatic rings. The minimum Gasteiger partial charge on any atom is -0.412 e. The van der Waals surface area contributed by atoms with E-state index in [4.69, 9.17) is 0 Å². The Bertz CT molecular complexity index is 140. The summed E-state index contributed by atoms with van der Waals surface area (Å²) >= 11 is 0. The molecule has 0 radical (unpaired) electrons. The van der Waals surface area contributed by atoms with Crippen molar-refractivity contribution in [3.05, 3.63) is 0 Å². The molecule has 1 saturated heterocycles. The largest absolute Gasteiger partial charge is 0.412 e. The lowest BCUT2D eigenvalue weighted by atomic mass is 10.1. The number of hydrogen-bond donors (Lipinski definition) is 0. The Morgan fingerprint density at radius 3 is 2.22 bits per heavy atom. The molecule has 1 unspecified atom stereocenters. The second-order valence-electron chi connectivity index (χ2n) is 1.90. The number of cyclic esters (lactones) is 2. The Balaban J connectivity index is 0.000000640. The fourth-order valence-corrected chi connectivity index (χ4v) is 0.588. The van der Waals surface area contributed by atoms with Crippen LogP contribution in [0.3, 0.4) is 0 Å². The molecule has 9 heavy (non-hydrogen) atoms. The van der Waals surface area contributed by atoms with Crippen molar-refractivity contribution in [3.63, 3.8) is 0 Å². The molecule has 1 heterocycles. The summed E-state index contributed by atoms with van der Waals surface area (Å²) in [6, 6.07) is 0. The molecule has 52 valence electrons. The van der Waals surface area contributed by atoms with Gasteiger partial charge in [-0.25, -0.2) is 0 Å². The molecule has 0 spiro atoms. The number of hydrogen-bond acceptors (Lipinski definition) is 3. The normalized spacial score (nSPS) is 25.2. The van der Waals surface area contributed by atoms with Crippen molar-refractivity contribution in [2.45, 2.75) is 13.3 Å². The van der Waals surface area contributed by atoms with E-state index in [2.05, 4.69) is 4.74 Å². The van der Waals surface area contributed by atoms with Gasteiger partial charge in [-0.15, -0.1) is 0 Å². The number of esters is 2. The van der Waals surface area contributed by atoms with Gasteiger partial charge in [0.25, 0.3) is 0 Å². The lowest BCUT2D eigenvalue weighted by molar-refractivity contribution is -0.152. The summed E-state index contributed by atoms with van der Waals surface area (Å²) < 4.78 is 4.20. The van der Waals surface area contributed by atoms with Crippen LogP contribution in [-0.4, -0.2) is 17.4 Å². The average molecular weight is 132 g/mol. The Kier molecular flexibility index (Phi) is 2.33. The molecule has 1 atom stereocenters. The molecule has 4 heteroatoms. The van der Waals surface area contributed by atoms with Crippen LogP contribution in [0.4, 0.5) is 0 Å². The van der Waals surface area contributed by atoms with E-state index in [1.54, 1.807) is 6.92 Å². The molecule has 0 saturated carbocycles. The predicted octanol–water partition coefficient (Wildman–Crippen LogP) is -0.729. The van der Waals surface area contributed by atoms with Gasteiger partial charge in [0.2, 0.25) is 0 Å². The van der Waals surface area contributed by atoms with Gasteiger partial charge in [-0.05, 0) is 0 Å². The van der Waals surface area contributed by atoms with Crippen molar-refractivity contribution in [1.29, 1.82) is 0 Å². The first-order valence-electron chi connectivity index (χ1n) is 2.44. The molecular formula is C5H8O4. The average Bonchev–Trinajstić information content (AvgIpc) is 1.85. The van der Waals surface area contributed by atoms with Crippen LogP contribution in [0.5, 0.6) is 0 Å². The van der Waals surface area contributed by atoms with Crippen molar-refractivity contribution >= 4 is 11.9 Å². The Morgan fingerprint density at radius 2 is 2.11 bits per heavy atom. The van der Waals surface area contributed by atoms with Gasteiger partial charge in [-0.1, -0.05) is 6.92 Å². The van der Waals surface area contributed by atoms with E-state index in [0.717, 1.165) is 0 Å². The fourth-order valence-electron chi connectivity index (χ4n) is 0.588. The summed E-state index contributed by atoms with van der Waals surface area (Å²) in [5.41, 5.74) is 0. The van der Waals surface area contributed by atoms with Gasteiger partial charge >= 0.3 is 11.9 Å². The first-order chi connectivity index (χ1) is 3.70. The van der Waals surface area contributed by atoms with Crippen molar-refractivity contribution in [2.75, 3.05) is 0 Å². The van der Waals surface area contributed by atoms with E-state index >= 15 is 0 Å². The van der Waals surface area contributed by atoms with Crippen LogP contribution in [-0.2, 0) is 14.3 Å². The maximum atomic E-state index is 10.3. The van der Waals surface area contributed by atoms with Crippen molar-refractivity contribution in [2.24, 2.45) is 5.92 Å². The minimum absolute atomic E-state index is 0. The second kappa shape index (κ2) is 2.59. The third-order valence-corrected chi connectivity index (χ3v) is 1.09. The summed E-state index contributed by atoms with van der Waals surface area (Å²) in [6.45, 7) is 1.67. The van der Waals surface area contributed by atoms with E-state index < -0.39 is 11.9 Å². The highest BCUT2D eigenvalue weighted by atomic mass is 16.6. The summed E-state index contributed by atoms with van der Waals surface area (Å²) in [6.07, 6.45) is 0.249. The van der Waals surface area contributed by atoms with E-state index in [-0.39, 0.29) is 17.8 Å². The summed E-state index contributed by atoms with van der Waals surface area (Å²) in [4.78, 5) is 20.6. The quantitative estimate of drug-likeness (QED) is 0.322. The van der Waals surface area contributed by atoms with Crippen LogP contribution in [0, 0.1) is 5.92 Å². The van der Waals surface area contributed by atoms with Gasteiger partial charge in [0.1, 0.15) is 0 Å². The Labute approximate surface area is 52.1 Å². The number of carbonyl (C=O) groups excluding carboxylic acids is 2. The molecule has 0 aliphatic carbocycles. The van der Waals surface area contributed by atoms with Crippen molar-refractivity contribution in [1.82, 2.24) is 0 Å². The van der Waals surface area contributed by atoms with Gasteiger partial charge in [-0.3, -0.25) is 9.59 Å². The summed E-state index contributed by atoms with van der Waals surface area (Å²) in [5, 5.41) is 0. The van der Waals surface area contributed by atoms with E-state index in [1.807, 2.05) is 0 Å². The number of rotatable bonds is 0. The molecule has 1 rings (SSSR count). The summed E-state index contributed by atoms with van der Waals surface area (Å²) in [5.74, 6) is -1.01. The van der Waals surface area contributed by atoms with Gasteiger partial charge < -0.3 is 10.2 Å². The number of carbonyl (C=O) groups is 2. The zero-order chi connectivity index (χ0) is 6.15. The first-order valence-corrected chi connectivity index (χ1v) is 2.44. The Hall–Kier alpha value is -0.900. The number of ether oxygens (including phenoxy) is 1. The van der Waals surface area contributed by atoms with Crippen LogP contribution in [0.15, 0.2) is 0 Å². The van der Waals surface area contributed by atoms with Crippen LogP contribution in [0.25, 0.3) is 0 Å². The van der Waals surface area contributed by atoms with E-state index in [9.17, 15) is 9.59 Å². The molecule has 1 aliphatic heterocycles. The second-order valence-corrected chi connectivity index (χ2v) is 1.90. The van der Waals surface area contributed by atoms with Gasteiger partial charge in [0, 0.05) is 0 Å². The standard InChI is InChI=1S/C5H6O3.H2O/c1-3-2-4(6)8-5(3)7;/h3H,2H2,1H3;1H2. The fraction of sp³-hybridized carbons (Fsp3) is 0.600. The molecule has 0 aromatic carbocycles. The smallest absolute Gasteiger partial charge is 0.316 e. The van der Waals surface area contributed by atoms with E-state index in [1.165, 1.54) is 0 Å². The minimum atomic E-state index is -0.400. The van der Waals surface area contributed by atoms with E-state index in [0.29, 0.717) is 0 Å². The monoisotopic (exact) mass is 132 g/mol. The van der Waals surface area contributed by atoms with Crippen molar-refractivity contribution in [3.8, 4) is 0 Å². The molecule has 0 bridgehead atoms. The van der Waals surface area contributed by atoms with Crippen LogP contribution < -0.4 is 0 Å². The predicted molar refractivity (Wildman–Crippen MR) is 28.5 cm³/mol. The highest BCUT2D eigenvalue weighted by Gasteiger charge is 2.28. The topological polar surface area (TPSA) is 74.9 Å². The van der Waals surface area contributed by atoms with Crippen LogP contribution in [0.2, 0.25) is 0 Å². The molecule has 1 fully saturated rings. The lowest BCUT2D eigenvalue weighted by Crippen LogP contribution is -2.01. The Morgan fingerprint density at radius 1 is 1.56 bits per heavy atom. The molecular weight excluding hydrogens is 124 g/mol. The molecule has 4 nitrogen and oxygen atoms in total.